The summed E-state index contributed by atoms with van der Waals surface area (Å²) in [5, 5.41) is 11.0. The Hall–Kier alpha value is -1.74. The molecule has 100 valence electrons. The number of rotatable bonds is 3. The standard InChI is InChI=1S/C13H14BrN3O2/c1-9-7-17(8-13(18)16-5-4-15)11-6-10(14)2-3-12(11)19-9/h2-3,6,9H,5,7-8H2,1H3,(H,16,18)/t9-/m0/s1. The van der Waals surface area contributed by atoms with Crippen molar-refractivity contribution in [2.24, 2.45) is 0 Å². The van der Waals surface area contributed by atoms with Crippen molar-refractivity contribution in [2.75, 3.05) is 24.5 Å². The van der Waals surface area contributed by atoms with Crippen LogP contribution in [0.25, 0.3) is 0 Å². The maximum absolute atomic E-state index is 11.7. The van der Waals surface area contributed by atoms with Crippen molar-refractivity contribution in [3.05, 3.63) is 22.7 Å². The van der Waals surface area contributed by atoms with Crippen LogP contribution in [0.15, 0.2) is 22.7 Å². The van der Waals surface area contributed by atoms with E-state index < -0.39 is 0 Å². The minimum absolute atomic E-state index is 0.0254. The van der Waals surface area contributed by atoms with Crippen LogP contribution in [-0.2, 0) is 4.79 Å². The lowest BCUT2D eigenvalue weighted by Gasteiger charge is -2.34. The van der Waals surface area contributed by atoms with Crippen LogP contribution in [-0.4, -0.2) is 31.6 Å². The van der Waals surface area contributed by atoms with Crippen molar-refractivity contribution in [1.29, 1.82) is 5.26 Å². The second-order valence-corrected chi connectivity index (χ2v) is 5.27. The Morgan fingerprint density at radius 1 is 1.68 bits per heavy atom. The number of amides is 1. The Morgan fingerprint density at radius 2 is 2.47 bits per heavy atom. The summed E-state index contributed by atoms with van der Waals surface area (Å²) in [4.78, 5) is 13.7. The molecule has 0 saturated carbocycles. The van der Waals surface area contributed by atoms with Crippen molar-refractivity contribution >= 4 is 27.5 Å². The number of anilines is 1. The normalized spacial score (nSPS) is 17.1. The van der Waals surface area contributed by atoms with Gasteiger partial charge in [-0.05, 0) is 25.1 Å². The fourth-order valence-corrected chi connectivity index (χ4v) is 2.37. The van der Waals surface area contributed by atoms with Gasteiger partial charge in [-0.15, -0.1) is 0 Å². The summed E-state index contributed by atoms with van der Waals surface area (Å²) in [6, 6.07) is 7.61. The van der Waals surface area contributed by atoms with Crippen molar-refractivity contribution in [3.8, 4) is 11.8 Å². The number of nitriles is 1. The molecule has 0 fully saturated rings. The highest BCUT2D eigenvalue weighted by molar-refractivity contribution is 9.10. The monoisotopic (exact) mass is 323 g/mol. The maximum Gasteiger partial charge on any atom is 0.240 e. The number of nitrogens with zero attached hydrogens (tertiary/aromatic N) is 2. The molecule has 0 unspecified atom stereocenters. The molecule has 1 aliphatic rings. The van der Waals surface area contributed by atoms with Crippen molar-refractivity contribution in [3.63, 3.8) is 0 Å². The molecule has 2 rings (SSSR count). The number of nitrogens with one attached hydrogen (secondary N) is 1. The van der Waals surface area contributed by atoms with Gasteiger partial charge in [0.15, 0.2) is 0 Å². The summed E-state index contributed by atoms with van der Waals surface area (Å²) in [5.74, 6) is 0.608. The maximum atomic E-state index is 11.7. The Balaban J connectivity index is 2.16. The quantitative estimate of drug-likeness (QED) is 0.859. The fourth-order valence-electron chi connectivity index (χ4n) is 2.02. The highest BCUT2D eigenvalue weighted by Crippen LogP contribution is 2.35. The van der Waals surface area contributed by atoms with Crippen LogP contribution in [0.2, 0.25) is 0 Å². The van der Waals surface area contributed by atoms with E-state index in [0.717, 1.165) is 15.9 Å². The first-order chi connectivity index (χ1) is 9.10. The van der Waals surface area contributed by atoms with E-state index in [9.17, 15) is 4.79 Å². The Morgan fingerprint density at radius 3 is 3.21 bits per heavy atom. The molecule has 0 saturated heterocycles. The summed E-state index contributed by atoms with van der Waals surface area (Å²) in [6.07, 6.45) is 0.0254. The van der Waals surface area contributed by atoms with Gasteiger partial charge in [-0.2, -0.15) is 5.26 Å². The number of hydrogen-bond acceptors (Lipinski definition) is 4. The number of hydrogen-bond donors (Lipinski definition) is 1. The first-order valence-electron chi connectivity index (χ1n) is 5.95. The molecule has 19 heavy (non-hydrogen) atoms. The molecule has 0 aliphatic carbocycles. The summed E-state index contributed by atoms with van der Waals surface area (Å²) >= 11 is 3.42. The molecule has 1 atom stereocenters. The lowest BCUT2D eigenvalue weighted by Crippen LogP contribution is -2.44. The zero-order valence-electron chi connectivity index (χ0n) is 10.5. The molecule has 0 bridgehead atoms. The van der Waals surface area contributed by atoms with E-state index in [1.807, 2.05) is 36.1 Å². The molecule has 1 aromatic carbocycles. The Labute approximate surface area is 120 Å². The zero-order chi connectivity index (χ0) is 13.8. The van der Waals surface area contributed by atoms with Crippen LogP contribution in [0.4, 0.5) is 5.69 Å². The Kier molecular flexibility index (Phi) is 4.27. The van der Waals surface area contributed by atoms with Gasteiger partial charge in [0.05, 0.1) is 24.8 Å². The average Bonchev–Trinajstić information content (AvgIpc) is 2.37. The lowest BCUT2D eigenvalue weighted by molar-refractivity contribution is -0.119. The number of benzene rings is 1. The molecule has 1 N–H and O–H groups in total. The molecule has 1 amide bonds. The zero-order valence-corrected chi connectivity index (χ0v) is 12.1. The van der Waals surface area contributed by atoms with Gasteiger partial charge in [0, 0.05) is 4.47 Å². The van der Waals surface area contributed by atoms with Crippen LogP contribution in [0.3, 0.4) is 0 Å². The molecule has 1 aliphatic heterocycles. The molecule has 0 spiro atoms. The molecule has 6 heteroatoms. The van der Waals surface area contributed by atoms with Crippen molar-refractivity contribution in [2.45, 2.75) is 13.0 Å². The van der Waals surface area contributed by atoms with Crippen LogP contribution in [0.5, 0.6) is 5.75 Å². The van der Waals surface area contributed by atoms with E-state index >= 15 is 0 Å². The van der Waals surface area contributed by atoms with Gasteiger partial charge in [0.1, 0.15) is 18.4 Å². The smallest absolute Gasteiger partial charge is 0.240 e. The van der Waals surface area contributed by atoms with E-state index in [0.29, 0.717) is 6.54 Å². The van der Waals surface area contributed by atoms with Crippen LogP contribution >= 0.6 is 15.9 Å². The summed E-state index contributed by atoms with van der Waals surface area (Å²) in [7, 11) is 0. The summed E-state index contributed by atoms with van der Waals surface area (Å²) in [6.45, 7) is 2.86. The predicted molar refractivity (Wildman–Crippen MR) is 75.1 cm³/mol. The third kappa shape index (κ3) is 3.38. The number of ether oxygens (including phenoxy) is 1. The van der Waals surface area contributed by atoms with E-state index in [2.05, 4.69) is 21.2 Å². The molecular weight excluding hydrogens is 310 g/mol. The van der Waals surface area contributed by atoms with Gasteiger partial charge >= 0.3 is 0 Å². The Bertz CT molecular complexity index is 527. The predicted octanol–water partition coefficient (Wildman–Crippen LogP) is 1.68. The first kappa shape index (κ1) is 13.7. The molecule has 0 aromatic heterocycles. The molecular formula is C13H14BrN3O2. The van der Waals surface area contributed by atoms with Gasteiger partial charge in [-0.25, -0.2) is 0 Å². The van der Waals surface area contributed by atoms with E-state index in [-0.39, 0.29) is 25.1 Å². The third-order valence-electron chi connectivity index (χ3n) is 2.77. The highest BCUT2D eigenvalue weighted by Gasteiger charge is 2.24. The van der Waals surface area contributed by atoms with E-state index in [1.165, 1.54) is 0 Å². The van der Waals surface area contributed by atoms with Gasteiger partial charge in [-0.3, -0.25) is 4.79 Å². The molecule has 1 heterocycles. The molecule has 0 radical (unpaired) electrons. The second kappa shape index (κ2) is 5.93. The van der Waals surface area contributed by atoms with Crippen LogP contribution in [0, 0.1) is 11.3 Å². The SMILES string of the molecule is C[C@H]1CN(CC(=O)NCC#N)c2cc(Br)ccc2O1. The summed E-state index contributed by atoms with van der Waals surface area (Å²) in [5.41, 5.74) is 0.889. The fraction of sp³-hybridized carbons (Fsp3) is 0.385. The number of carbonyl (C=O) groups is 1. The minimum atomic E-state index is -0.165. The van der Waals surface area contributed by atoms with Gasteiger partial charge < -0.3 is 15.0 Å². The largest absolute Gasteiger partial charge is 0.487 e. The van der Waals surface area contributed by atoms with Crippen molar-refractivity contribution in [1.82, 2.24) is 5.32 Å². The second-order valence-electron chi connectivity index (χ2n) is 4.36. The van der Waals surface area contributed by atoms with E-state index in [1.54, 1.807) is 0 Å². The molecule has 1 aromatic rings. The van der Waals surface area contributed by atoms with Crippen molar-refractivity contribution < 1.29 is 9.53 Å². The lowest BCUT2D eigenvalue weighted by atomic mass is 10.2. The highest BCUT2D eigenvalue weighted by atomic mass is 79.9. The molecule has 5 nitrogen and oxygen atoms in total. The summed E-state index contributed by atoms with van der Waals surface area (Å²) < 4.78 is 6.67. The first-order valence-corrected chi connectivity index (χ1v) is 6.74. The number of halogens is 1. The van der Waals surface area contributed by atoms with E-state index in [4.69, 9.17) is 10.00 Å². The third-order valence-corrected chi connectivity index (χ3v) is 3.26. The van der Waals surface area contributed by atoms with Gasteiger partial charge in [0.25, 0.3) is 0 Å². The van der Waals surface area contributed by atoms with Gasteiger partial charge in [0.2, 0.25) is 5.91 Å². The number of carbonyl (C=O) groups excluding carboxylic acids is 1. The number of fused-ring (bicyclic) bond motifs is 1. The van der Waals surface area contributed by atoms with Crippen LogP contribution in [0.1, 0.15) is 6.92 Å². The average molecular weight is 324 g/mol. The minimum Gasteiger partial charge on any atom is -0.487 e. The van der Waals surface area contributed by atoms with Crippen LogP contribution < -0.4 is 15.0 Å². The topological polar surface area (TPSA) is 65.4 Å². The van der Waals surface area contributed by atoms with Gasteiger partial charge in [-0.1, -0.05) is 15.9 Å².